The Balaban J connectivity index is 1.22. The molecule has 1 N–H and O–H groups in total. The van der Waals surface area contributed by atoms with Crippen LogP contribution >= 0.6 is 0 Å². The molecule has 1 aliphatic carbocycles. The first-order valence-corrected chi connectivity index (χ1v) is 11.7. The van der Waals surface area contributed by atoms with Crippen molar-refractivity contribution in [3.8, 4) is 16.8 Å². The van der Waals surface area contributed by atoms with Gasteiger partial charge in [0.1, 0.15) is 5.82 Å². The van der Waals surface area contributed by atoms with Crippen LogP contribution in [0, 0.1) is 11.8 Å². The first kappa shape index (κ1) is 20.0. The van der Waals surface area contributed by atoms with Gasteiger partial charge < -0.3 is 9.47 Å². The van der Waals surface area contributed by atoms with Crippen molar-refractivity contribution < 1.29 is 4.79 Å². The van der Waals surface area contributed by atoms with Crippen molar-refractivity contribution in [2.45, 2.75) is 25.7 Å². The molecule has 0 radical (unpaired) electrons. The summed E-state index contributed by atoms with van der Waals surface area (Å²) in [6, 6.07) is 16.6. The number of carbonyl (C=O) groups excluding carboxylic acids is 1. The van der Waals surface area contributed by atoms with Crippen LogP contribution in [-0.2, 0) is 18.3 Å². The number of nitrogens with one attached hydrogen (secondary N) is 1. The molecule has 1 amide bonds. The summed E-state index contributed by atoms with van der Waals surface area (Å²) in [5, 5.41) is 8.15. The summed E-state index contributed by atoms with van der Waals surface area (Å²) in [6.07, 6.45) is 5.77. The monoisotopic (exact) mass is 441 g/mol. The van der Waals surface area contributed by atoms with E-state index in [9.17, 15) is 9.59 Å². The fourth-order valence-corrected chi connectivity index (χ4v) is 5.02. The second kappa shape index (κ2) is 7.76. The zero-order valence-electron chi connectivity index (χ0n) is 18.7. The van der Waals surface area contributed by atoms with Crippen molar-refractivity contribution in [3.05, 3.63) is 71.0 Å². The standard InChI is InChI=1S/C26H27N5O2/c1-29-12-11-19-2-5-21(15-23(19)29)18-6-8-22(9-7-18)31-24(27-28-26(31)33)14-17-10-13-30(16-17)25(32)20-3-4-20/h2,5-9,11-12,15,17,20H,3-4,10,13-14,16H2,1H3,(H,28,33). The van der Waals surface area contributed by atoms with E-state index in [1.54, 1.807) is 4.57 Å². The largest absolute Gasteiger partial charge is 0.351 e. The molecule has 1 saturated carbocycles. The van der Waals surface area contributed by atoms with Gasteiger partial charge in [-0.2, -0.15) is 5.10 Å². The zero-order valence-corrected chi connectivity index (χ0v) is 18.7. The minimum absolute atomic E-state index is 0.230. The van der Waals surface area contributed by atoms with Gasteiger partial charge in [-0.25, -0.2) is 14.5 Å². The number of benzene rings is 2. The summed E-state index contributed by atoms with van der Waals surface area (Å²) in [7, 11) is 2.05. The van der Waals surface area contributed by atoms with Crippen molar-refractivity contribution in [1.82, 2.24) is 24.2 Å². The van der Waals surface area contributed by atoms with Crippen molar-refractivity contribution >= 4 is 16.8 Å². The minimum Gasteiger partial charge on any atom is -0.351 e. The molecular formula is C26H27N5O2. The zero-order chi connectivity index (χ0) is 22.5. The molecule has 2 aromatic carbocycles. The Morgan fingerprint density at radius 3 is 2.64 bits per heavy atom. The maximum atomic E-state index is 12.6. The number of nitrogens with zero attached hydrogens (tertiary/aromatic N) is 4. The van der Waals surface area contributed by atoms with Crippen LogP contribution in [0.1, 0.15) is 25.1 Å². The maximum absolute atomic E-state index is 12.6. The molecule has 6 rings (SSSR count). The highest BCUT2D eigenvalue weighted by atomic mass is 16.2. The van der Waals surface area contributed by atoms with Crippen molar-refractivity contribution in [2.75, 3.05) is 13.1 Å². The fraction of sp³-hybridized carbons (Fsp3) is 0.346. The summed E-state index contributed by atoms with van der Waals surface area (Å²) in [5.74, 6) is 1.62. The van der Waals surface area contributed by atoms with E-state index in [1.165, 1.54) is 10.9 Å². The summed E-state index contributed by atoms with van der Waals surface area (Å²) >= 11 is 0. The molecule has 4 aromatic rings. The second-order valence-electron chi connectivity index (χ2n) is 9.44. The Morgan fingerprint density at radius 2 is 1.85 bits per heavy atom. The van der Waals surface area contributed by atoms with Gasteiger partial charge in [0.15, 0.2) is 0 Å². The van der Waals surface area contributed by atoms with Gasteiger partial charge >= 0.3 is 5.69 Å². The molecule has 1 atom stereocenters. The van der Waals surface area contributed by atoms with E-state index >= 15 is 0 Å². The first-order chi connectivity index (χ1) is 16.1. The van der Waals surface area contributed by atoms with Gasteiger partial charge in [-0.1, -0.05) is 24.3 Å². The maximum Gasteiger partial charge on any atom is 0.347 e. The number of aromatic nitrogens is 4. The molecule has 7 nitrogen and oxygen atoms in total. The highest BCUT2D eigenvalue weighted by Gasteiger charge is 2.36. The van der Waals surface area contributed by atoms with Crippen LogP contribution in [0.4, 0.5) is 0 Å². The van der Waals surface area contributed by atoms with Crippen molar-refractivity contribution in [2.24, 2.45) is 18.9 Å². The fourth-order valence-electron chi connectivity index (χ4n) is 5.02. The van der Waals surface area contributed by atoms with Gasteiger partial charge in [0.2, 0.25) is 5.91 Å². The number of fused-ring (bicyclic) bond motifs is 1. The Labute approximate surface area is 191 Å². The van der Waals surface area contributed by atoms with Gasteiger partial charge in [0.05, 0.1) is 5.69 Å². The highest BCUT2D eigenvalue weighted by Crippen LogP contribution is 2.33. The molecule has 2 aromatic heterocycles. The summed E-state index contributed by atoms with van der Waals surface area (Å²) in [6.45, 7) is 1.58. The van der Waals surface area contributed by atoms with Crippen molar-refractivity contribution in [1.29, 1.82) is 0 Å². The van der Waals surface area contributed by atoms with E-state index in [0.717, 1.165) is 55.0 Å². The van der Waals surface area contributed by atoms with Crippen LogP contribution < -0.4 is 5.69 Å². The van der Waals surface area contributed by atoms with E-state index < -0.39 is 0 Å². The third kappa shape index (κ3) is 3.67. The van der Waals surface area contributed by atoms with Crippen LogP contribution in [0.3, 0.4) is 0 Å². The lowest BCUT2D eigenvalue weighted by molar-refractivity contribution is -0.131. The number of hydrogen-bond donors (Lipinski definition) is 1. The highest BCUT2D eigenvalue weighted by molar-refractivity contribution is 5.85. The molecule has 3 heterocycles. The van der Waals surface area contributed by atoms with Crippen LogP contribution in [0.15, 0.2) is 59.5 Å². The number of likely N-dealkylation sites (tertiary alicyclic amines) is 1. The van der Waals surface area contributed by atoms with Gasteiger partial charge in [-0.05, 0) is 66.0 Å². The number of H-pyrrole nitrogens is 1. The molecule has 0 bridgehead atoms. The molecule has 1 aliphatic heterocycles. The molecule has 7 heteroatoms. The second-order valence-corrected chi connectivity index (χ2v) is 9.44. The van der Waals surface area contributed by atoms with Gasteiger partial charge in [-0.3, -0.25) is 4.79 Å². The van der Waals surface area contributed by atoms with Crippen LogP contribution in [0.5, 0.6) is 0 Å². The predicted octanol–water partition coefficient (Wildman–Crippen LogP) is 3.52. The summed E-state index contributed by atoms with van der Waals surface area (Å²) < 4.78 is 3.78. The molecule has 168 valence electrons. The van der Waals surface area contributed by atoms with Gasteiger partial charge in [0.25, 0.3) is 0 Å². The van der Waals surface area contributed by atoms with E-state index in [0.29, 0.717) is 18.2 Å². The Morgan fingerprint density at radius 1 is 1.06 bits per heavy atom. The van der Waals surface area contributed by atoms with Crippen LogP contribution in [0.25, 0.3) is 27.7 Å². The number of rotatable bonds is 5. The number of aromatic amines is 1. The van der Waals surface area contributed by atoms with Crippen LogP contribution in [0.2, 0.25) is 0 Å². The minimum atomic E-state index is -0.230. The Hall–Kier alpha value is -3.61. The molecular weight excluding hydrogens is 414 g/mol. The average molecular weight is 442 g/mol. The number of hydrogen-bond acceptors (Lipinski definition) is 3. The molecule has 2 aliphatic rings. The third-order valence-electron chi connectivity index (χ3n) is 7.08. The number of carbonyl (C=O) groups is 1. The molecule has 2 fully saturated rings. The first-order valence-electron chi connectivity index (χ1n) is 11.7. The topological polar surface area (TPSA) is 75.9 Å². The Kier molecular flexibility index (Phi) is 4.71. The lowest BCUT2D eigenvalue weighted by atomic mass is 10.0. The SMILES string of the molecule is Cn1ccc2ccc(-c3ccc(-n4c(CC5CCN(C(=O)C6CC6)C5)n[nH]c4=O)cc3)cc21. The van der Waals surface area contributed by atoms with E-state index in [-0.39, 0.29) is 11.6 Å². The number of amides is 1. The quantitative estimate of drug-likeness (QED) is 0.515. The summed E-state index contributed by atoms with van der Waals surface area (Å²) in [5.41, 5.74) is 4.01. The third-order valence-corrected chi connectivity index (χ3v) is 7.08. The van der Waals surface area contributed by atoms with Crippen LogP contribution in [-0.4, -0.2) is 43.2 Å². The lowest BCUT2D eigenvalue weighted by Gasteiger charge is -2.16. The van der Waals surface area contributed by atoms with E-state index in [2.05, 4.69) is 45.2 Å². The van der Waals surface area contributed by atoms with E-state index in [1.807, 2.05) is 36.2 Å². The number of aryl methyl sites for hydroxylation is 1. The summed E-state index contributed by atoms with van der Waals surface area (Å²) in [4.78, 5) is 26.9. The lowest BCUT2D eigenvalue weighted by Crippen LogP contribution is -2.30. The van der Waals surface area contributed by atoms with E-state index in [4.69, 9.17) is 0 Å². The smallest absolute Gasteiger partial charge is 0.347 e. The molecule has 0 spiro atoms. The van der Waals surface area contributed by atoms with Crippen molar-refractivity contribution in [3.63, 3.8) is 0 Å². The molecule has 1 saturated heterocycles. The average Bonchev–Trinajstić information content (AvgIpc) is 3.32. The molecule has 33 heavy (non-hydrogen) atoms. The Bertz CT molecular complexity index is 1390. The normalized spacial score (nSPS) is 18.3. The molecule has 1 unspecified atom stereocenters. The predicted molar refractivity (Wildman–Crippen MR) is 127 cm³/mol. The van der Waals surface area contributed by atoms with Gasteiger partial charge in [0, 0.05) is 44.2 Å². The van der Waals surface area contributed by atoms with Gasteiger partial charge in [-0.15, -0.1) is 0 Å².